The molecule has 0 bridgehead atoms. The van der Waals surface area contributed by atoms with Crippen LogP contribution in [0.25, 0.3) is 0 Å². The van der Waals surface area contributed by atoms with Crippen molar-refractivity contribution in [3.8, 4) is 0 Å². The Kier molecular flexibility index (Phi) is 1.50. The number of H-pyrrole nitrogens is 1. The van der Waals surface area contributed by atoms with Gasteiger partial charge in [-0.05, 0) is 12.8 Å². The van der Waals surface area contributed by atoms with Gasteiger partial charge in [-0.3, -0.25) is 9.78 Å². The summed E-state index contributed by atoms with van der Waals surface area (Å²) in [5.41, 5.74) is 3.62. The van der Waals surface area contributed by atoms with Crippen molar-refractivity contribution in [1.29, 1.82) is 0 Å². The first kappa shape index (κ1) is 6.87. The van der Waals surface area contributed by atoms with Crippen molar-refractivity contribution in [2.75, 3.05) is 5.73 Å². The van der Waals surface area contributed by atoms with Gasteiger partial charge in [0, 0.05) is 0 Å². The number of nitrogen functional groups attached to an aromatic ring is 1. The highest BCUT2D eigenvalue weighted by atomic mass is 32.1. The van der Waals surface area contributed by atoms with E-state index >= 15 is 0 Å². The van der Waals surface area contributed by atoms with Crippen LogP contribution in [0.4, 0.5) is 5.82 Å². The fourth-order valence-electron chi connectivity index (χ4n) is 0.404. The molecule has 54 valence electrons. The highest BCUT2D eigenvalue weighted by molar-refractivity contribution is 7.78. The molecule has 0 atom stereocenters. The van der Waals surface area contributed by atoms with E-state index in [-0.39, 0.29) is 5.82 Å². The zero-order valence-electron chi connectivity index (χ0n) is 4.74. The van der Waals surface area contributed by atoms with Crippen LogP contribution in [0.3, 0.4) is 0 Å². The third kappa shape index (κ3) is 1.03. The van der Waals surface area contributed by atoms with Gasteiger partial charge in [0.25, 0.3) is 5.56 Å². The Bertz CT molecular complexity index is 321. The lowest BCUT2D eigenvalue weighted by atomic mass is 10.7. The quantitative estimate of drug-likeness (QED) is 0.390. The van der Waals surface area contributed by atoms with Gasteiger partial charge in [0.1, 0.15) is 0 Å². The number of thiol groups is 1. The maximum Gasteiger partial charge on any atom is 0.355 e. The standard InChI is InChI=1S/C3H4N4O2S/c4-1-2(8)5-3(9)7(10)6-1/h10H,(H2,4,6)(H,5,8,9). The first-order valence-corrected chi connectivity index (χ1v) is 2.69. The molecule has 0 aliphatic heterocycles. The van der Waals surface area contributed by atoms with Gasteiger partial charge in [-0.1, -0.05) is 0 Å². The smallest absolute Gasteiger partial charge is 0.355 e. The van der Waals surface area contributed by atoms with Gasteiger partial charge in [0.2, 0.25) is 5.82 Å². The monoisotopic (exact) mass is 160 g/mol. The minimum atomic E-state index is -0.706. The number of nitrogens with one attached hydrogen (secondary N) is 1. The van der Waals surface area contributed by atoms with Crippen LogP contribution in [-0.2, 0) is 0 Å². The normalized spacial score (nSPS) is 9.70. The second kappa shape index (κ2) is 2.18. The molecule has 0 saturated carbocycles. The number of aromatic amines is 1. The van der Waals surface area contributed by atoms with E-state index in [9.17, 15) is 9.59 Å². The van der Waals surface area contributed by atoms with E-state index in [1.54, 1.807) is 0 Å². The highest BCUT2D eigenvalue weighted by Crippen LogP contribution is 1.77. The van der Waals surface area contributed by atoms with Gasteiger partial charge >= 0.3 is 5.69 Å². The molecule has 0 aromatic carbocycles. The number of hydrogen-bond donors (Lipinski definition) is 3. The average molecular weight is 160 g/mol. The minimum Gasteiger partial charge on any atom is -0.378 e. The van der Waals surface area contributed by atoms with E-state index in [4.69, 9.17) is 5.73 Å². The summed E-state index contributed by atoms with van der Waals surface area (Å²) < 4.78 is 0.650. The molecule has 0 spiro atoms. The molecule has 0 saturated heterocycles. The zero-order chi connectivity index (χ0) is 7.72. The van der Waals surface area contributed by atoms with Gasteiger partial charge in [-0.25, -0.2) is 4.79 Å². The van der Waals surface area contributed by atoms with Crippen LogP contribution in [0.5, 0.6) is 0 Å². The number of aromatic nitrogens is 3. The van der Waals surface area contributed by atoms with Gasteiger partial charge in [-0.2, -0.15) is 4.09 Å². The van der Waals surface area contributed by atoms with E-state index in [0.717, 1.165) is 0 Å². The molecule has 0 aliphatic carbocycles. The van der Waals surface area contributed by atoms with Crippen LogP contribution >= 0.6 is 12.8 Å². The third-order valence-corrected chi connectivity index (χ3v) is 1.11. The summed E-state index contributed by atoms with van der Waals surface area (Å²) in [6.45, 7) is 0. The summed E-state index contributed by atoms with van der Waals surface area (Å²) in [5, 5.41) is 3.28. The SMILES string of the molecule is Nc1nn(S)c(=O)[nH]c1=O. The number of hydrogen-bond acceptors (Lipinski definition) is 5. The maximum atomic E-state index is 10.5. The second-order valence-corrected chi connectivity index (χ2v) is 1.91. The predicted molar refractivity (Wildman–Crippen MR) is 37.9 cm³/mol. The molecule has 0 aliphatic rings. The van der Waals surface area contributed by atoms with Crippen LogP contribution in [0.2, 0.25) is 0 Å². The third-order valence-electron chi connectivity index (χ3n) is 0.837. The minimum absolute atomic E-state index is 0.283. The van der Waals surface area contributed by atoms with Gasteiger partial charge < -0.3 is 5.73 Å². The van der Waals surface area contributed by atoms with Gasteiger partial charge in [-0.15, -0.1) is 5.10 Å². The first-order chi connectivity index (χ1) is 4.61. The molecule has 1 aromatic heterocycles. The lowest BCUT2D eigenvalue weighted by Crippen LogP contribution is -2.30. The number of nitrogens with zero attached hydrogens (tertiary/aromatic N) is 2. The molecule has 0 amide bonds. The molecule has 1 aromatic rings. The maximum absolute atomic E-state index is 10.5. The van der Waals surface area contributed by atoms with Crippen LogP contribution in [0, 0.1) is 0 Å². The van der Waals surface area contributed by atoms with Crippen LogP contribution in [0.15, 0.2) is 9.59 Å². The van der Waals surface area contributed by atoms with Crippen molar-refractivity contribution in [2.24, 2.45) is 0 Å². The van der Waals surface area contributed by atoms with E-state index < -0.39 is 11.2 Å². The predicted octanol–water partition coefficient (Wildman–Crippen LogP) is -1.79. The molecule has 0 fully saturated rings. The number of rotatable bonds is 0. The summed E-state index contributed by atoms with van der Waals surface area (Å²) in [4.78, 5) is 22.9. The lowest BCUT2D eigenvalue weighted by molar-refractivity contribution is 0.853. The van der Waals surface area contributed by atoms with E-state index in [1.165, 1.54) is 0 Å². The average Bonchev–Trinajstić information content (AvgIpc) is 1.84. The van der Waals surface area contributed by atoms with E-state index in [2.05, 4.69) is 17.9 Å². The molecule has 0 unspecified atom stereocenters. The van der Waals surface area contributed by atoms with Crippen molar-refractivity contribution in [3.63, 3.8) is 0 Å². The fourth-order valence-corrected chi connectivity index (χ4v) is 0.550. The Morgan fingerprint density at radius 2 is 2.20 bits per heavy atom. The first-order valence-electron chi connectivity index (χ1n) is 2.29. The van der Waals surface area contributed by atoms with Crippen molar-refractivity contribution >= 4 is 18.6 Å². The molecule has 1 rings (SSSR count). The van der Waals surface area contributed by atoms with Crippen LogP contribution in [0.1, 0.15) is 0 Å². The van der Waals surface area contributed by atoms with Gasteiger partial charge in [0.15, 0.2) is 0 Å². The summed E-state index contributed by atoms with van der Waals surface area (Å²) in [5.74, 6) is -0.283. The molecule has 10 heavy (non-hydrogen) atoms. The summed E-state index contributed by atoms with van der Waals surface area (Å²) >= 11 is 3.56. The summed E-state index contributed by atoms with van der Waals surface area (Å²) in [7, 11) is 0. The molecule has 6 nitrogen and oxygen atoms in total. The van der Waals surface area contributed by atoms with Gasteiger partial charge in [0.05, 0.1) is 0 Å². The largest absolute Gasteiger partial charge is 0.378 e. The van der Waals surface area contributed by atoms with Crippen molar-refractivity contribution in [1.82, 2.24) is 14.2 Å². The molecule has 1 heterocycles. The van der Waals surface area contributed by atoms with Crippen LogP contribution < -0.4 is 17.0 Å². The number of anilines is 1. The Balaban J connectivity index is 3.59. The Morgan fingerprint density at radius 3 is 2.70 bits per heavy atom. The summed E-state index contributed by atoms with van der Waals surface area (Å²) in [6, 6.07) is 0. The van der Waals surface area contributed by atoms with E-state index in [1.807, 2.05) is 4.98 Å². The Labute approximate surface area is 60.2 Å². The molecule has 3 N–H and O–H groups in total. The van der Waals surface area contributed by atoms with E-state index in [0.29, 0.717) is 4.09 Å². The molecule has 7 heteroatoms. The Morgan fingerprint density at radius 1 is 1.60 bits per heavy atom. The topological polar surface area (TPSA) is 93.8 Å². The molecular formula is C3H4N4O2S. The lowest BCUT2D eigenvalue weighted by Gasteiger charge is -1.91. The Hall–Kier alpha value is -1.24. The number of nitrogens with two attached hydrogens (primary N) is 1. The van der Waals surface area contributed by atoms with Crippen molar-refractivity contribution < 1.29 is 0 Å². The highest BCUT2D eigenvalue weighted by Gasteiger charge is 1.97. The fraction of sp³-hybridized carbons (Fsp3) is 0. The molecular weight excluding hydrogens is 156 g/mol. The van der Waals surface area contributed by atoms with Crippen molar-refractivity contribution in [3.05, 3.63) is 20.8 Å². The molecule has 0 radical (unpaired) electrons. The second-order valence-electron chi connectivity index (χ2n) is 1.53. The van der Waals surface area contributed by atoms with Crippen molar-refractivity contribution in [2.45, 2.75) is 0 Å². The van der Waals surface area contributed by atoms with Crippen LogP contribution in [-0.4, -0.2) is 14.2 Å². The summed E-state index contributed by atoms with van der Waals surface area (Å²) in [6.07, 6.45) is 0. The zero-order valence-corrected chi connectivity index (χ0v) is 5.63.